The largest absolute Gasteiger partial charge is 0.388 e. The zero-order valence-corrected chi connectivity index (χ0v) is 7.56. The van der Waals surface area contributed by atoms with Crippen molar-refractivity contribution in [3.8, 4) is 0 Å². The molecule has 0 bridgehead atoms. The standard InChI is InChI=1S/C9H19NO/c1-3-5-8(2,10)9(11)6-4-7-9/h11H,3-7,10H2,1-2H3. The summed E-state index contributed by atoms with van der Waals surface area (Å²) in [6.07, 6.45) is 4.88. The van der Waals surface area contributed by atoms with Crippen LogP contribution in [0.15, 0.2) is 0 Å². The maximum Gasteiger partial charge on any atom is 0.0823 e. The van der Waals surface area contributed by atoms with Crippen molar-refractivity contribution < 1.29 is 5.11 Å². The molecule has 0 aliphatic heterocycles. The van der Waals surface area contributed by atoms with Crippen LogP contribution in [0, 0.1) is 0 Å². The monoisotopic (exact) mass is 157 g/mol. The summed E-state index contributed by atoms with van der Waals surface area (Å²) >= 11 is 0. The highest BCUT2D eigenvalue weighted by Crippen LogP contribution is 2.41. The van der Waals surface area contributed by atoms with Gasteiger partial charge in [-0.2, -0.15) is 0 Å². The minimum Gasteiger partial charge on any atom is -0.388 e. The highest BCUT2D eigenvalue weighted by Gasteiger charge is 2.47. The number of hydrogen-bond donors (Lipinski definition) is 2. The third kappa shape index (κ3) is 1.42. The van der Waals surface area contributed by atoms with Crippen molar-refractivity contribution in [3.05, 3.63) is 0 Å². The molecule has 2 heteroatoms. The van der Waals surface area contributed by atoms with Crippen LogP contribution in [-0.2, 0) is 0 Å². The van der Waals surface area contributed by atoms with E-state index < -0.39 is 5.60 Å². The molecule has 0 heterocycles. The summed E-state index contributed by atoms with van der Waals surface area (Å²) in [5, 5.41) is 9.94. The van der Waals surface area contributed by atoms with Crippen LogP contribution in [0.4, 0.5) is 0 Å². The van der Waals surface area contributed by atoms with Crippen molar-refractivity contribution in [2.24, 2.45) is 5.73 Å². The highest BCUT2D eigenvalue weighted by atomic mass is 16.3. The third-order valence-corrected chi connectivity index (χ3v) is 3.01. The molecule has 0 radical (unpaired) electrons. The Morgan fingerprint density at radius 3 is 2.36 bits per heavy atom. The van der Waals surface area contributed by atoms with Gasteiger partial charge < -0.3 is 10.8 Å². The summed E-state index contributed by atoms with van der Waals surface area (Å²) in [5.74, 6) is 0. The number of rotatable bonds is 3. The fraction of sp³-hybridized carbons (Fsp3) is 1.00. The second-order valence-corrected chi connectivity index (χ2v) is 4.05. The molecule has 0 aromatic carbocycles. The molecule has 1 unspecified atom stereocenters. The molecule has 0 amide bonds. The van der Waals surface area contributed by atoms with Gasteiger partial charge >= 0.3 is 0 Å². The number of aliphatic hydroxyl groups is 1. The van der Waals surface area contributed by atoms with Gasteiger partial charge in [0.05, 0.1) is 5.60 Å². The van der Waals surface area contributed by atoms with Gasteiger partial charge in [-0.25, -0.2) is 0 Å². The van der Waals surface area contributed by atoms with Crippen LogP contribution < -0.4 is 5.73 Å². The predicted octanol–water partition coefficient (Wildman–Crippen LogP) is 1.42. The molecule has 1 aliphatic rings. The Balaban J connectivity index is 2.55. The summed E-state index contributed by atoms with van der Waals surface area (Å²) in [7, 11) is 0. The molecule has 1 atom stereocenters. The molecule has 0 saturated heterocycles. The molecule has 3 N–H and O–H groups in total. The van der Waals surface area contributed by atoms with Gasteiger partial charge in [-0.3, -0.25) is 0 Å². The summed E-state index contributed by atoms with van der Waals surface area (Å²) in [4.78, 5) is 0. The van der Waals surface area contributed by atoms with Crippen LogP contribution in [0.25, 0.3) is 0 Å². The van der Waals surface area contributed by atoms with Gasteiger partial charge in [-0.05, 0) is 32.6 Å². The summed E-state index contributed by atoms with van der Waals surface area (Å²) < 4.78 is 0. The molecule has 0 aromatic rings. The van der Waals surface area contributed by atoms with Crippen LogP contribution in [0.5, 0.6) is 0 Å². The summed E-state index contributed by atoms with van der Waals surface area (Å²) in [6, 6.07) is 0. The van der Waals surface area contributed by atoms with Crippen LogP contribution >= 0.6 is 0 Å². The fourth-order valence-corrected chi connectivity index (χ4v) is 1.83. The average molecular weight is 157 g/mol. The van der Waals surface area contributed by atoms with Crippen molar-refractivity contribution in [3.63, 3.8) is 0 Å². The van der Waals surface area contributed by atoms with Crippen LogP contribution in [-0.4, -0.2) is 16.2 Å². The van der Waals surface area contributed by atoms with Gasteiger partial charge in [0, 0.05) is 5.54 Å². The molecular weight excluding hydrogens is 138 g/mol. The quantitative estimate of drug-likeness (QED) is 0.651. The maximum atomic E-state index is 9.94. The molecule has 2 nitrogen and oxygen atoms in total. The average Bonchev–Trinajstić information content (AvgIpc) is 1.82. The topological polar surface area (TPSA) is 46.2 Å². The lowest BCUT2D eigenvalue weighted by Crippen LogP contribution is -2.62. The molecule has 11 heavy (non-hydrogen) atoms. The minimum absolute atomic E-state index is 0.361. The fourth-order valence-electron chi connectivity index (χ4n) is 1.83. The van der Waals surface area contributed by atoms with Crippen LogP contribution in [0.2, 0.25) is 0 Å². The molecule has 1 saturated carbocycles. The van der Waals surface area contributed by atoms with Gasteiger partial charge in [-0.1, -0.05) is 13.3 Å². The van der Waals surface area contributed by atoms with Crippen LogP contribution in [0.3, 0.4) is 0 Å². The normalized spacial score (nSPS) is 27.3. The molecule has 0 spiro atoms. The van der Waals surface area contributed by atoms with E-state index in [0.717, 1.165) is 32.1 Å². The van der Waals surface area contributed by atoms with Crippen molar-refractivity contribution in [1.29, 1.82) is 0 Å². The first-order chi connectivity index (χ1) is 5.02. The molecule has 66 valence electrons. The van der Waals surface area contributed by atoms with E-state index in [1.165, 1.54) is 0 Å². The van der Waals surface area contributed by atoms with Crippen LogP contribution in [0.1, 0.15) is 46.0 Å². The molecule has 0 aromatic heterocycles. The van der Waals surface area contributed by atoms with E-state index in [1.807, 2.05) is 6.92 Å². The van der Waals surface area contributed by atoms with E-state index in [2.05, 4.69) is 6.92 Å². The van der Waals surface area contributed by atoms with Crippen molar-refractivity contribution >= 4 is 0 Å². The number of nitrogens with two attached hydrogens (primary N) is 1. The summed E-state index contributed by atoms with van der Waals surface area (Å²) in [6.45, 7) is 4.07. The van der Waals surface area contributed by atoms with Gasteiger partial charge in [0.15, 0.2) is 0 Å². The van der Waals surface area contributed by atoms with Crippen molar-refractivity contribution in [1.82, 2.24) is 0 Å². The lowest BCUT2D eigenvalue weighted by atomic mass is 9.66. The molecule has 1 fully saturated rings. The van der Waals surface area contributed by atoms with E-state index in [4.69, 9.17) is 5.73 Å². The van der Waals surface area contributed by atoms with E-state index in [0.29, 0.717) is 0 Å². The zero-order valence-electron chi connectivity index (χ0n) is 7.56. The first-order valence-corrected chi connectivity index (χ1v) is 4.53. The molecule has 1 aliphatic carbocycles. The number of hydrogen-bond acceptors (Lipinski definition) is 2. The van der Waals surface area contributed by atoms with E-state index in [1.54, 1.807) is 0 Å². The maximum absolute atomic E-state index is 9.94. The Labute approximate surface area is 68.8 Å². The Morgan fingerprint density at radius 2 is 2.09 bits per heavy atom. The smallest absolute Gasteiger partial charge is 0.0823 e. The first kappa shape index (κ1) is 9.01. The molecular formula is C9H19NO. The lowest BCUT2D eigenvalue weighted by molar-refractivity contribution is -0.0941. The third-order valence-electron chi connectivity index (χ3n) is 3.01. The highest BCUT2D eigenvalue weighted by molar-refractivity contribution is 5.05. The Bertz CT molecular complexity index is 138. The van der Waals surface area contributed by atoms with E-state index in [9.17, 15) is 5.11 Å². The van der Waals surface area contributed by atoms with Gasteiger partial charge in [-0.15, -0.1) is 0 Å². The molecule has 1 rings (SSSR count). The van der Waals surface area contributed by atoms with Gasteiger partial charge in [0.2, 0.25) is 0 Å². The second kappa shape index (κ2) is 2.76. The zero-order chi connectivity index (χ0) is 8.54. The minimum atomic E-state index is -0.553. The van der Waals surface area contributed by atoms with Gasteiger partial charge in [0.1, 0.15) is 0 Å². The van der Waals surface area contributed by atoms with E-state index >= 15 is 0 Å². The Morgan fingerprint density at radius 1 is 1.55 bits per heavy atom. The summed E-state index contributed by atoms with van der Waals surface area (Å²) in [5.41, 5.74) is 5.10. The SMILES string of the molecule is CCCC(C)(N)C1(O)CCC1. The van der Waals surface area contributed by atoms with E-state index in [-0.39, 0.29) is 5.54 Å². The predicted molar refractivity (Wildman–Crippen MR) is 46.3 cm³/mol. The first-order valence-electron chi connectivity index (χ1n) is 4.53. The Kier molecular flexibility index (Phi) is 2.26. The lowest BCUT2D eigenvalue weighted by Gasteiger charge is -2.48. The second-order valence-electron chi connectivity index (χ2n) is 4.05. The Hall–Kier alpha value is -0.0800. The van der Waals surface area contributed by atoms with Gasteiger partial charge in [0.25, 0.3) is 0 Å². The van der Waals surface area contributed by atoms with Crippen molar-refractivity contribution in [2.45, 2.75) is 57.1 Å². The van der Waals surface area contributed by atoms with Crippen molar-refractivity contribution in [2.75, 3.05) is 0 Å².